The first-order chi connectivity index (χ1) is 25.4. The number of hydrogen-bond acceptors (Lipinski definition) is 8. The number of nitrogens with zero attached hydrogens (tertiary/aromatic N) is 4. The van der Waals surface area contributed by atoms with Crippen molar-refractivity contribution in [2.75, 3.05) is 39.3 Å². The Bertz CT molecular complexity index is 1900. The van der Waals surface area contributed by atoms with E-state index in [4.69, 9.17) is 37.9 Å². The molecule has 12 nitrogen and oxygen atoms in total. The molecule has 0 radical (unpaired) electrons. The number of carbonyl (C=O) groups is 1. The number of halogens is 1. The smallest absolute Gasteiger partial charge is 0.320 e. The molecule has 0 bridgehead atoms. The van der Waals surface area contributed by atoms with E-state index in [1.807, 2.05) is 62.1 Å². The third kappa shape index (κ3) is 10.1. The second kappa shape index (κ2) is 17.0. The lowest BCUT2D eigenvalue weighted by molar-refractivity contribution is 0.171. The van der Waals surface area contributed by atoms with Crippen molar-refractivity contribution in [2.45, 2.75) is 71.6 Å². The second-order valence-electron chi connectivity index (χ2n) is 15.1. The van der Waals surface area contributed by atoms with E-state index in [9.17, 15) is 4.79 Å². The number of hydrogen-bond donors (Lipinski definition) is 6. The highest BCUT2D eigenvalue weighted by molar-refractivity contribution is 6.31. The lowest BCUT2D eigenvalue weighted by atomic mass is 9.85. The number of amidine groups is 1. The van der Waals surface area contributed by atoms with E-state index in [1.165, 1.54) is 6.42 Å². The number of benzene rings is 2. The van der Waals surface area contributed by atoms with Crippen LogP contribution in [0.25, 0.3) is 0 Å². The Labute approximate surface area is 317 Å². The van der Waals surface area contributed by atoms with Crippen molar-refractivity contribution >= 4 is 35.1 Å². The van der Waals surface area contributed by atoms with Crippen LogP contribution in [0, 0.1) is 16.2 Å². The second-order valence-corrected chi connectivity index (χ2v) is 15.6. The molecule has 6 rings (SSSR count). The van der Waals surface area contributed by atoms with Crippen LogP contribution in [0.2, 0.25) is 5.02 Å². The van der Waals surface area contributed by atoms with Crippen molar-refractivity contribution in [3.63, 3.8) is 0 Å². The summed E-state index contributed by atoms with van der Waals surface area (Å²) in [5.74, 6) is 1.21. The molecule has 2 fully saturated rings. The van der Waals surface area contributed by atoms with Crippen LogP contribution >= 0.6 is 11.6 Å². The van der Waals surface area contributed by atoms with Gasteiger partial charge in [0.05, 0.1) is 17.9 Å². The number of rotatable bonds is 7. The van der Waals surface area contributed by atoms with Crippen LogP contribution in [0.3, 0.4) is 0 Å². The quantitative estimate of drug-likeness (QED) is 0.126. The summed E-state index contributed by atoms with van der Waals surface area (Å²) in [6.07, 6.45) is 7.77. The molecule has 13 heteroatoms. The first-order valence-electron chi connectivity index (χ1n) is 18.7. The Morgan fingerprint density at radius 3 is 2.51 bits per heavy atom. The van der Waals surface area contributed by atoms with Crippen molar-refractivity contribution < 1.29 is 9.53 Å². The monoisotopic (exact) mass is 740 g/mol. The molecule has 2 amide bonds. The van der Waals surface area contributed by atoms with Crippen molar-refractivity contribution in [2.24, 2.45) is 16.1 Å². The number of aromatic nitrogens is 1. The third-order valence-electron chi connectivity index (χ3n) is 10.0. The van der Waals surface area contributed by atoms with E-state index in [-0.39, 0.29) is 23.0 Å². The predicted molar refractivity (Wildman–Crippen MR) is 211 cm³/mol. The van der Waals surface area contributed by atoms with Crippen molar-refractivity contribution in [3.8, 4) is 5.75 Å². The highest BCUT2D eigenvalue weighted by Gasteiger charge is 2.30. The maximum Gasteiger partial charge on any atom is 0.320 e. The first kappa shape index (κ1) is 38.1. The minimum Gasteiger partial charge on any atom is -0.484 e. The van der Waals surface area contributed by atoms with Gasteiger partial charge in [-0.1, -0.05) is 56.6 Å². The number of fused-ring (bicyclic) bond motifs is 1. The van der Waals surface area contributed by atoms with E-state index in [2.05, 4.69) is 20.9 Å². The lowest BCUT2D eigenvalue weighted by Gasteiger charge is -2.33. The molecule has 0 spiro atoms. The average molecular weight is 741 g/mol. The molecular formula is C40H53ClN10O2. The van der Waals surface area contributed by atoms with E-state index >= 15 is 0 Å². The maximum atomic E-state index is 13.7. The Morgan fingerprint density at radius 2 is 1.77 bits per heavy atom. The van der Waals surface area contributed by atoms with E-state index in [0.29, 0.717) is 46.8 Å². The van der Waals surface area contributed by atoms with Crippen LogP contribution in [0.15, 0.2) is 77.6 Å². The van der Waals surface area contributed by atoms with Gasteiger partial charge in [-0.2, -0.15) is 0 Å². The largest absolute Gasteiger partial charge is 0.484 e. The van der Waals surface area contributed by atoms with Crippen molar-refractivity contribution in [1.82, 2.24) is 30.3 Å². The Morgan fingerprint density at radius 1 is 1.04 bits per heavy atom. The number of piperazine rings is 1. The zero-order valence-electron chi connectivity index (χ0n) is 31.1. The number of ether oxygens (including phenoxy) is 1. The molecule has 282 valence electrons. The average Bonchev–Trinajstić information content (AvgIpc) is 3.13. The molecule has 2 aromatic carbocycles. The number of urea groups is 1. The number of piperidine rings is 1. The fourth-order valence-electron chi connectivity index (χ4n) is 7.00. The normalized spacial score (nSPS) is 20.0. The third-order valence-corrected chi connectivity index (χ3v) is 10.3. The molecule has 1 aliphatic carbocycles. The van der Waals surface area contributed by atoms with E-state index in [1.54, 1.807) is 35.0 Å². The van der Waals surface area contributed by atoms with Crippen molar-refractivity contribution in [1.29, 1.82) is 10.8 Å². The number of allylic oxidation sites excluding steroid dienone is 1. The Hall–Kier alpha value is -4.65. The highest BCUT2D eigenvalue weighted by atomic mass is 35.5. The minimum atomic E-state index is -0.396. The number of carbonyl (C=O) groups excluding carboxylic acids is 1. The molecule has 0 saturated carbocycles. The van der Waals surface area contributed by atoms with Crippen LogP contribution in [-0.2, 0) is 6.54 Å². The van der Waals surface area contributed by atoms with Crippen LogP contribution in [0.4, 0.5) is 10.5 Å². The minimum absolute atomic E-state index is 0.236. The highest BCUT2D eigenvalue weighted by Crippen LogP contribution is 2.38. The summed E-state index contributed by atoms with van der Waals surface area (Å²) < 4.78 is 8.12. The summed E-state index contributed by atoms with van der Waals surface area (Å²) in [5.41, 5.74) is 10.6. The zero-order valence-corrected chi connectivity index (χ0v) is 31.8. The standard InChI is InChI=1S/C40H53ClN10O2/c1-40(2,3)35(42)24-37(46-29-22-27(21-28(41)23-29)25-49-19-15-45-16-20-49)48-39(52)47-33-12-13-34(32-10-6-5-9-31(32)33)53-30-11-14-36(43)51(26-30)38(44)50-17-7-4-8-18-50/h5-6,9-11,14,21-24,26,33-34,43-45H,4,7-8,12-13,15-20,25,42H2,1-3H3,(H2,46,47,48,52)/t33-,34+/m0/s1. The summed E-state index contributed by atoms with van der Waals surface area (Å²) in [6, 6.07) is 16.5. The lowest BCUT2D eigenvalue weighted by Crippen LogP contribution is -2.43. The number of likely N-dealkylation sites (tertiary alicyclic amines) is 1. The predicted octanol–water partition coefficient (Wildman–Crippen LogP) is 6.17. The van der Waals surface area contributed by atoms with Crippen LogP contribution < -0.4 is 31.9 Å². The molecule has 2 saturated heterocycles. The van der Waals surface area contributed by atoms with Crippen LogP contribution in [0.1, 0.15) is 81.7 Å². The molecule has 3 aromatic rings. The van der Waals surface area contributed by atoms with Gasteiger partial charge in [-0.25, -0.2) is 9.79 Å². The van der Waals surface area contributed by atoms with E-state index < -0.39 is 6.03 Å². The van der Waals surface area contributed by atoms with Gasteiger partial charge in [0.1, 0.15) is 23.2 Å². The van der Waals surface area contributed by atoms with Gasteiger partial charge in [-0.3, -0.25) is 25.6 Å². The number of pyridine rings is 1. The molecule has 2 aliphatic heterocycles. The summed E-state index contributed by atoms with van der Waals surface area (Å²) in [7, 11) is 0. The summed E-state index contributed by atoms with van der Waals surface area (Å²) in [4.78, 5) is 22.9. The fourth-order valence-corrected chi connectivity index (χ4v) is 7.25. The summed E-state index contributed by atoms with van der Waals surface area (Å²) in [6.45, 7) is 12.3. The van der Waals surface area contributed by atoms with Gasteiger partial charge in [0, 0.05) is 68.0 Å². The zero-order chi connectivity index (χ0) is 37.5. The molecule has 3 aliphatic rings. The van der Waals surface area contributed by atoms with Crippen molar-refractivity contribution in [3.05, 3.63) is 99.8 Å². The van der Waals surface area contributed by atoms with E-state index in [0.717, 1.165) is 75.3 Å². The SMILES string of the molecule is CC(C)(C)C(N)=CC(=Nc1cc(Cl)cc(CN2CCNCC2)c1)NC(=O)N[C@H]1CC[C@@H](Oc2ccc(=N)n(C(=N)N3CCCCC3)c2)c2ccccc21. The van der Waals surface area contributed by atoms with Gasteiger partial charge < -0.3 is 26.0 Å². The number of nitrogens with one attached hydrogen (secondary N) is 5. The molecule has 53 heavy (non-hydrogen) atoms. The Kier molecular flexibility index (Phi) is 12.2. The molecule has 2 atom stereocenters. The van der Waals surface area contributed by atoms with Gasteiger partial charge in [-0.15, -0.1) is 0 Å². The number of nitrogens with two attached hydrogens (primary N) is 1. The Balaban J connectivity index is 1.18. The van der Waals surface area contributed by atoms with Gasteiger partial charge in [0.25, 0.3) is 0 Å². The molecule has 0 unspecified atom stereocenters. The van der Waals surface area contributed by atoms with Crippen LogP contribution in [-0.4, -0.2) is 71.5 Å². The molecule has 1 aromatic heterocycles. The molecular weight excluding hydrogens is 688 g/mol. The van der Waals surface area contributed by atoms with Crippen LogP contribution in [0.5, 0.6) is 5.75 Å². The molecule has 3 heterocycles. The number of amides is 2. The van der Waals surface area contributed by atoms with Gasteiger partial charge >= 0.3 is 6.03 Å². The van der Waals surface area contributed by atoms with Gasteiger partial charge in [0.15, 0.2) is 0 Å². The maximum absolute atomic E-state index is 13.7. The topological polar surface area (TPSA) is 160 Å². The van der Waals surface area contributed by atoms with Gasteiger partial charge in [-0.05, 0) is 79.1 Å². The molecule has 7 N–H and O–H groups in total. The fraction of sp³-hybridized carbons (Fsp3) is 0.450. The number of aliphatic imine (C=N–C) groups is 1. The summed E-state index contributed by atoms with van der Waals surface area (Å²) in [5, 5.41) is 27.3. The van der Waals surface area contributed by atoms with Gasteiger partial charge in [0.2, 0.25) is 5.96 Å². The first-order valence-corrected chi connectivity index (χ1v) is 19.0. The summed E-state index contributed by atoms with van der Waals surface area (Å²) >= 11 is 6.56.